The Hall–Kier alpha value is -2.75. The van der Waals surface area contributed by atoms with E-state index in [4.69, 9.17) is 5.73 Å². The SMILES string of the molecule is Cn1c(-c2ccccc2)c(N)c(=O)n1Cc1ccccc1. The monoisotopic (exact) mass is 279 g/mol. The van der Waals surface area contributed by atoms with Crippen LogP contribution in [0, 0.1) is 0 Å². The number of hydrogen-bond acceptors (Lipinski definition) is 2. The molecule has 0 radical (unpaired) electrons. The van der Waals surface area contributed by atoms with Crippen LogP contribution >= 0.6 is 0 Å². The molecule has 0 aliphatic rings. The summed E-state index contributed by atoms with van der Waals surface area (Å²) in [4.78, 5) is 12.4. The van der Waals surface area contributed by atoms with Gasteiger partial charge in [0.25, 0.3) is 5.56 Å². The highest BCUT2D eigenvalue weighted by molar-refractivity contribution is 5.72. The maximum Gasteiger partial charge on any atom is 0.290 e. The fourth-order valence-electron chi connectivity index (χ4n) is 2.54. The molecule has 1 heterocycles. The molecule has 21 heavy (non-hydrogen) atoms. The first kappa shape index (κ1) is 13.2. The average molecular weight is 279 g/mol. The number of benzene rings is 2. The molecule has 0 spiro atoms. The number of hydrogen-bond donors (Lipinski definition) is 1. The van der Waals surface area contributed by atoms with E-state index >= 15 is 0 Å². The van der Waals surface area contributed by atoms with Gasteiger partial charge in [-0.25, -0.2) is 4.68 Å². The lowest BCUT2D eigenvalue weighted by Crippen LogP contribution is -2.23. The minimum Gasteiger partial charge on any atom is -0.392 e. The molecule has 3 rings (SSSR count). The van der Waals surface area contributed by atoms with Crippen LogP contribution in [-0.2, 0) is 13.6 Å². The molecule has 4 nitrogen and oxygen atoms in total. The van der Waals surface area contributed by atoms with Crippen LogP contribution < -0.4 is 11.3 Å². The Morgan fingerprint density at radius 1 is 0.952 bits per heavy atom. The number of rotatable bonds is 3. The summed E-state index contributed by atoms with van der Waals surface area (Å²) in [6, 6.07) is 19.6. The molecular formula is C17H17N3O. The topological polar surface area (TPSA) is 52.9 Å². The summed E-state index contributed by atoms with van der Waals surface area (Å²) in [7, 11) is 1.86. The highest BCUT2D eigenvalue weighted by Crippen LogP contribution is 2.23. The quantitative estimate of drug-likeness (QED) is 0.801. The average Bonchev–Trinajstić information content (AvgIpc) is 2.73. The van der Waals surface area contributed by atoms with Gasteiger partial charge in [-0.3, -0.25) is 9.48 Å². The molecule has 2 N–H and O–H groups in total. The van der Waals surface area contributed by atoms with Gasteiger partial charge >= 0.3 is 0 Å². The van der Waals surface area contributed by atoms with Gasteiger partial charge in [0, 0.05) is 12.6 Å². The zero-order chi connectivity index (χ0) is 14.8. The molecule has 0 fully saturated rings. The van der Waals surface area contributed by atoms with Crippen molar-refractivity contribution < 1.29 is 0 Å². The van der Waals surface area contributed by atoms with Crippen LogP contribution in [0.15, 0.2) is 65.5 Å². The molecule has 0 bridgehead atoms. The Morgan fingerprint density at radius 2 is 1.52 bits per heavy atom. The number of anilines is 1. The second kappa shape index (κ2) is 5.32. The number of nitrogen functional groups attached to an aromatic ring is 1. The van der Waals surface area contributed by atoms with E-state index < -0.39 is 0 Å². The summed E-state index contributed by atoms with van der Waals surface area (Å²) in [6.45, 7) is 0.507. The Kier molecular flexibility index (Phi) is 3.36. The molecule has 0 atom stereocenters. The van der Waals surface area contributed by atoms with Crippen LogP contribution in [0.2, 0.25) is 0 Å². The lowest BCUT2D eigenvalue weighted by Gasteiger charge is -2.10. The van der Waals surface area contributed by atoms with Crippen LogP contribution in [-0.4, -0.2) is 9.36 Å². The Labute approximate surface area is 123 Å². The first-order valence-corrected chi connectivity index (χ1v) is 6.83. The van der Waals surface area contributed by atoms with Crippen molar-refractivity contribution in [2.75, 3.05) is 5.73 Å². The van der Waals surface area contributed by atoms with Crippen molar-refractivity contribution in [2.24, 2.45) is 7.05 Å². The molecule has 0 aliphatic carbocycles. The second-order valence-corrected chi connectivity index (χ2v) is 5.00. The van der Waals surface area contributed by atoms with Gasteiger partial charge in [0.1, 0.15) is 5.69 Å². The van der Waals surface area contributed by atoms with Gasteiger partial charge in [0.15, 0.2) is 0 Å². The molecule has 0 saturated carbocycles. The second-order valence-electron chi connectivity index (χ2n) is 5.00. The minimum atomic E-state index is -0.153. The number of aromatic nitrogens is 2. The van der Waals surface area contributed by atoms with Crippen LogP contribution in [0.5, 0.6) is 0 Å². The summed E-state index contributed by atoms with van der Waals surface area (Å²) in [6.07, 6.45) is 0. The molecule has 106 valence electrons. The minimum absolute atomic E-state index is 0.153. The van der Waals surface area contributed by atoms with Crippen molar-refractivity contribution in [3.8, 4) is 11.3 Å². The lowest BCUT2D eigenvalue weighted by molar-refractivity contribution is 0.540. The van der Waals surface area contributed by atoms with Gasteiger partial charge in [0.2, 0.25) is 0 Å². The molecule has 0 amide bonds. The van der Waals surface area contributed by atoms with E-state index in [2.05, 4.69) is 0 Å². The normalized spacial score (nSPS) is 10.7. The number of nitrogens with two attached hydrogens (primary N) is 1. The van der Waals surface area contributed by atoms with Gasteiger partial charge in [-0.05, 0) is 5.56 Å². The zero-order valence-corrected chi connectivity index (χ0v) is 11.9. The standard InChI is InChI=1S/C17H17N3O/c1-19-16(14-10-6-3-7-11-14)15(18)17(21)20(19)12-13-8-4-2-5-9-13/h2-11H,12,18H2,1H3. The van der Waals surface area contributed by atoms with Gasteiger partial charge in [-0.1, -0.05) is 60.7 Å². The predicted octanol–water partition coefficient (Wildman–Crippen LogP) is 2.48. The molecule has 1 aromatic heterocycles. The smallest absolute Gasteiger partial charge is 0.290 e. The Morgan fingerprint density at radius 3 is 2.14 bits per heavy atom. The fraction of sp³-hybridized carbons (Fsp3) is 0.118. The largest absolute Gasteiger partial charge is 0.392 e. The molecule has 0 saturated heterocycles. The third kappa shape index (κ3) is 2.36. The van der Waals surface area contributed by atoms with Crippen molar-refractivity contribution in [1.82, 2.24) is 9.36 Å². The van der Waals surface area contributed by atoms with E-state index in [0.717, 1.165) is 16.8 Å². The van der Waals surface area contributed by atoms with E-state index in [0.29, 0.717) is 12.2 Å². The fourth-order valence-corrected chi connectivity index (χ4v) is 2.54. The van der Waals surface area contributed by atoms with Crippen LogP contribution in [0.3, 0.4) is 0 Å². The van der Waals surface area contributed by atoms with Crippen molar-refractivity contribution in [3.05, 3.63) is 76.6 Å². The molecule has 2 aromatic carbocycles. The molecule has 0 aliphatic heterocycles. The molecular weight excluding hydrogens is 262 g/mol. The van der Waals surface area contributed by atoms with Crippen molar-refractivity contribution in [2.45, 2.75) is 6.54 Å². The van der Waals surface area contributed by atoms with E-state index in [9.17, 15) is 4.79 Å². The van der Waals surface area contributed by atoms with E-state index in [-0.39, 0.29) is 5.56 Å². The summed E-state index contributed by atoms with van der Waals surface area (Å²) >= 11 is 0. The lowest BCUT2D eigenvalue weighted by atomic mass is 10.1. The first-order chi connectivity index (χ1) is 10.2. The van der Waals surface area contributed by atoms with Crippen LogP contribution in [0.4, 0.5) is 5.69 Å². The predicted molar refractivity (Wildman–Crippen MR) is 85.1 cm³/mol. The Balaban J connectivity index is 2.10. The van der Waals surface area contributed by atoms with Crippen LogP contribution in [0.25, 0.3) is 11.3 Å². The third-order valence-electron chi connectivity index (χ3n) is 3.63. The van der Waals surface area contributed by atoms with Crippen molar-refractivity contribution >= 4 is 5.69 Å². The third-order valence-corrected chi connectivity index (χ3v) is 3.63. The summed E-state index contributed by atoms with van der Waals surface area (Å²) < 4.78 is 3.49. The van der Waals surface area contributed by atoms with Gasteiger partial charge in [-0.15, -0.1) is 0 Å². The highest BCUT2D eigenvalue weighted by atomic mass is 16.1. The maximum absolute atomic E-state index is 12.4. The van der Waals surface area contributed by atoms with Crippen LogP contribution in [0.1, 0.15) is 5.56 Å². The first-order valence-electron chi connectivity index (χ1n) is 6.83. The maximum atomic E-state index is 12.4. The van der Waals surface area contributed by atoms with E-state index in [1.165, 1.54) is 0 Å². The van der Waals surface area contributed by atoms with Gasteiger partial charge in [0.05, 0.1) is 12.2 Å². The summed E-state index contributed by atoms with van der Waals surface area (Å²) in [5, 5.41) is 0. The summed E-state index contributed by atoms with van der Waals surface area (Å²) in [5.41, 5.74) is 8.95. The summed E-state index contributed by atoms with van der Waals surface area (Å²) in [5.74, 6) is 0. The number of nitrogens with zero attached hydrogens (tertiary/aromatic N) is 2. The molecule has 4 heteroatoms. The molecule has 3 aromatic rings. The van der Waals surface area contributed by atoms with Crippen molar-refractivity contribution in [3.63, 3.8) is 0 Å². The van der Waals surface area contributed by atoms with E-state index in [1.54, 1.807) is 4.68 Å². The van der Waals surface area contributed by atoms with Gasteiger partial charge < -0.3 is 5.73 Å². The highest BCUT2D eigenvalue weighted by Gasteiger charge is 2.16. The van der Waals surface area contributed by atoms with Gasteiger partial charge in [-0.2, -0.15) is 0 Å². The molecule has 0 unspecified atom stereocenters. The van der Waals surface area contributed by atoms with E-state index in [1.807, 2.05) is 72.4 Å². The Bertz CT molecular complexity index is 801. The zero-order valence-electron chi connectivity index (χ0n) is 11.9. The van der Waals surface area contributed by atoms with Crippen molar-refractivity contribution in [1.29, 1.82) is 0 Å².